The molecule has 4 unspecified atom stereocenters. The molecule has 0 saturated heterocycles. The fourth-order valence-corrected chi connectivity index (χ4v) is 25.4. The van der Waals surface area contributed by atoms with Crippen molar-refractivity contribution in [3.05, 3.63) is 400 Å². The Morgan fingerprint density at radius 2 is 0.508 bits per heavy atom. The second-order valence-electron chi connectivity index (χ2n) is 39.4. The van der Waals surface area contributed by atoms with Gasteiger partial charge in [-0.05, 0) is 289 Å². The Bertz CT molecular complexity index is 6980. The maximum atomic E-state index is 9.27. The highest BCUT2D eigenvalue weighted by molar-refractivity contribution is 9.10. The van der Waals surface area contributed by atoms with Crippen molar-refractivity contribution in [2.45, 2.75) is 137 Å². The molecule has 2 N–H and O–H groups in total. The molecule has 0 radical (unpaired) electrons. The lowest BCUT2D eigenvalue weighted by Crippen LogP contribution is -2.55. The molecule has 10 aliphatic rings. The first-order chi connectivity index (χ1) is 63.2. The van der Waals surface area contributed by atoms with Gasteiger partial charge in [0.2, 0.25) is 0 Å². The van der Waals surface area contributed by atoms with E-state index in [9.17, 15) is 5.26 Å². The molecule has 0 spiro atoms. The number of benzene rings is 14. The van der Waals surface area contributed by atoms with E-state index < -0.39 is 7.12 Å². The van der Waals surface area contributed by atoms with Crippen LogP contribution in [0.5, 0.6) is 0 Å². The summed E-state index contributed by atoms with van der Waals surface area (Å²) >= 11 is 3.68. The zero-order valence-corrected chi connectivity index (χ0v) is 75.1. The lowest BCUT2D eigenvalue weighted by Gasteiger charge is -2.63. The molecule has 10 aliphatic carbocycles. The fourth-order valence-electron chi connectivity index (χ4n) is 25.2. The highest BCUT2D eigenvalue weighted by Gasteiger charge is 2.60. The topological polar surface area (TPSA) is 165 Å². The minimum absolute atomic E-state index is 0.186. The Labute approximate surface area is 770 Å². The molecule has 0 aliphatic heterocycles. The van der Waals surface area contributed by atoms with Crippen LogP contribution in [0.25, 0.3) is 124 Å². The number of fused-ring (bicyclic) bond motifs is 6. The lowest BCUT2D eigenvalue weighted by molar-refractivity contribution is -0.0282. The molecular weight excluding hydrogens is 1650 g/mol. The first kappa shape index (κ1) is 82.2. The van der Waals surface area contributed by atoms with E-state index in [1.165, 1.54) is 195 Å². The maximum absolute atomic E-state index is 9.27. The number of hydrogen-bond acceptors (Lipinski definition) is 10. The molecule has 14 aromatic carbocycles. The van der Waals surface area contributed by atoms with Gasteiger partial charge in [0.15, 0.2) is 34.9 Å². The molecule has 2 heterocycles. The molecular formula is C118H98BBrN8O2. The van der Waals surface area contributed by atoms with Crippen molar-refractivity contribution in [3.63, 3.8) is 0 Å². The molecule has 632 valence electrons. The van der Waals surface area contributed by atoms with Gasteiger partial charge in [-0.15, -0.1) is 0 Å². The van der Waals surface area contributed by atoms with Crippen LogP contribution in [0.4, 0.5) is 0 Å². The summed E-state index contributed by atoms with van der Waals surface area (Å²) < 4.78 is 1.18. The number of halogens is 1. The third-order valence-electron chi connectivity index (χ3n) is 30.7. The maximum Gasteiger partial charge on any atom is 0.488 e. The van der Waals surface area contributed by atoms with Gasteiger partial charge in [0, 0.05) is 48.7 Å². The van der Waals surface area contributed by atoms with Gasteiger partial charge < -0.3 is 10.0 Å². The summed E-state index contributed by atoms with van der Waals surface area (Å²) in [5.74, 6) is 7.32. The number of nitriles is 2. The molecule has 10 nitrogen and oxygen atoms in total. The number of aromatic nitrogens is 6. The average molecular weight is 1750 g/mol. The van der Waals surface area contributed by atoms with Crippen LogP contribution in [-0.2, 0) is 32.5 Å². The van der Waals surface area contributed by atoms with Crippen molar-refractivity contribution in [1.29, 1.82) is 10.5 Å². The van der Waals surface area contributed by atoms with Crippen LogP contribution in [0.3, 0.4) is 0 Å². The zero-order chi connectivity index (χ0) is 88.3. The third-order valence-corrected chi connectivity index (χ3v) is 31.2. The van der Waals surface area contributed by atoms with Gasteiger partial charge in [-0.2, -0.15) is 10.5 Å². The predicted molar refractivity (Wildman–Crippen MR) is 526 cm³/mol. The summed E-state index contributed by atoms with van der Waals surface area (Å²) in [5, 5.41) is 35.0. The van der Waals surface area contributed by atoms with Crippen LogP contribution < -0.4 is 5.46 Å². The van der Waals surface area contributed by atoms with E-state index in [-0.39, 0.29) is 27.1 Å². The molecule has 0 amide bonds. The molecule has 12 heteroatoms. The Balaban J connectivity index is 0.000000137. The second-order valence-corrected chi connectivity index (χ2v) is 40.4. The van der Waals surface area contributed by atoms with Crippen LogP contribution in [0.15, 0.2) is 344 Å². The van der Waals surface area contributed by atoms with Crippen LogP contribution in [-0.4, -0.2) is 47.1 Å². The van der Waals surface area contributed by atoms with E-state index in [1.54, 1.807) is 11.1 Å². The van der Waals surface area contributed by atoms with E-state index in [4.69, 9.17) is 45.2 Å². The van der Waals surface area contributed by atoms with Crippen molar-refractivity contribution < 1.29 is 10.0 Å². The van der Waals surface area contributed by atoms with Crippen LogP contribution in [0.2, 0.25) is 0 Å². The number of hydrogen-bond donors (Lipinski definition) is 2. The zero-order valence-electron chi connectivity index (χ0n) is 73.6. The second kappa shape index (κ2) is 32.6. The third kappa shape index (κ3) is 14.9. The fraction of sp³-hybridized carbons (Fsp3) is 0.220. The summed E-state index contributed by atoms with van der Waals surface area (Å²) in [4.78, 5) is 30.0. The summed E-state index contributed by atoms with van der Waals surface area (Å²) in [6.07, 6.45) is 16.0. The van der Waals surface area contributed by atoms with Crippen LogP contribution >= 0.6 is 15.9 Å². The quantitative estimate of drug-likeness (QED) is 0.100. The van der Waals surface area contributed by atoms with Gasteiger partial charge in [-0.1, -0.05) is 323 Å². The smallest absolute Gasteiger partial charge is 0.423 e. The highest BCUT2D eigenvalue weighted by Crippen LogP contribution is 2.68. The van der Waals surface area contributed by atoms with Crippen molar-refractivity contribution in [2.24, 2.45) is 23.7 Å². The van der Waals surface area contributed by atoms with Gasteiger partial charge in [-0.3, -0.25) is 0 Å². The molecule has 26 rings (SSSR count). The Morgan fingerprint density at radius 3 is 0.785 bits per heavy atom. The van der Waals surface area contributed by atoms with Crippen LogP contribution in [0, 0.1) is 46.3 Å². The number of rotatable bonds is 14. The average Bonchev–Trinajstić information content (AvgIpc) is 0.797. The minimum atomic E-state index is -1.46. The summed E-state index contributed by atoms with van der Waals surface area (Å²) in [6, 6.07) is 125. The standard InChI is InChI=1S/C59H48N4.C52H44BrN3.C7H6BNO2/c1-57(2)52-30-46(21-27-50(52)51-28-22-47(31-53(51)57)56-62-54(44-9-5-3-6-10-44)61-55(63-56)45-11-7-4-8-12-45)43-19-25-49(26-20-43)59-34-39-29-40(35-59)33-58(32-39,37-59)48-23-17-42(18-24-48)41-15-13-38(36-60)14-16-41;1-50(2)45-26-38(35-13-17-40(18-14-35)51-28-33-25-34(29-51)31-52(30-33,32-51)41-19-21-42(53)22-20-41)15-23-43(45)44-24-16-39(27-46(44)50)49-55-47(36-9-5-3-6-10-36)54-48(56-49)37-11-7-4-8-12-37;9-5-6-1-3-7(4-2-6)8(10)11/h3-28,30-31,39-40H,29,32-35,37H2,1-2H3;3-24,26-27,33-34H,25,28-32H2,1-2H3;1-4,10-11H. The van der Waals surface area contributed by atoms with Crippen LogP contribution in [0.1, 0.15) is 160 Å². The summed E-state index contributed by atoms with van der Waals surface area (Å²) in [5.41, 5.74) is 32.4. The minimum Gasteiger partial charge on any atom is -0.423 e. The van der Waals surface area contributed by atoms with E-state index in [0.717, 1.165) is 57.1 Å². The van der Waals surface area contributed by atoms with Gasteiger partial charge >= 0.3 is 7.12 Å². The summed E-state index contributed by atoms with van der Waals surface area (Å²) in [7, 11) is -1.46. The van der Waals surface area contributed by atoms with Gasteiger partial charge in [0.05, 0.1) is 23.3 Å². The molecule has 8 saturated carbocycles. The first-order valence-electron chi connectivity index (χ1n) is 46.0. The van der Waals surface area contributed by atoms with Crippen molar-refractivity contribution in [2.75, 3.05) is 0 Å². The van der Waals surface area contributed by atoms with Crippen molar-refractivity contribution >= 4 is 28.5 Å². The molecule has 8 bridgehead atoms. The van der Waals surface area contributed by atoms with Crippen molar-refractivity contribution in [1.82, 2.24) is 29.9 Å². The highest BCUT2D eigenvalue weighted by atomic mass is 79.9. The molecule has 8 fully saturated rings. The molecule has 130 heavy (non-hydrogen) atoms. The Morgan fingerprint density at radius 1 is 0.277 bits per heavy atom. The van der Waals surface area contributed by atoms with E-state index >= 15 is 0 Å². The molecule has 16 aromatic rings. The van der Waals surface area contributed by atoms with Gasteiger partial charge in [-0.25, -0.2) is 29.9 Å². The summed E-state index contributed by atoms with van der Waals surface area (Å²) in [6.45, 7) is 9.44. The van der Waals surface area contributed by atoms with Gasteiger partial charge in [0.25, 0.3) is 0 Å². The lowest BCUT2D eigenvalue weighted by atomic mass is 9.41. The monoisotopic (exact) mass is 1750 g/mol. The van der Waals surface area contributed by atoms with E-state index in [1.807, 2.05) is 91.0 Å². The SMILES string of the molecule is CC1(C)c2cc(-c3ccc(C45CC6CC(CC(c7ccc(-c8ccc(C#N)cc8)cc7)(C6)C4)C5)cc3)ccc2-c2ccc(-c3nc(-c4ccccc4)nc(-c4ccccc4)n3)cc21.CC1(C)c2cc(-c3ccc(C45CC6CC(CC(c7ccc(Br)cc7)(C6)C4)C5)cc3)ccc2-c2ccc(-c3nc(-c4ccccc4)nc(-c4ccccc4)n3)cc21.N#Cc1ccc(B(O)O)cc1. The normalized spacial score (nSPS) is 21.8. The van der Waals surface area contributed by atoms with Crippen molar-refractivity contribution in [3.8, 4) is 136 Å². The first-order valence-corrected chi connectivity index (χ1v) is 46.8. The van der Waals surface area contributed by atoms with E-state index in [2.05, 4.69) is 280 Å². The molecule has 4 atom stereocenters. The Hall–Kier alpha value is -13.5. The predicted octanol–water partition coefficient (Wildman–Crippen LogP) is 26.8. The van der Waals surface area contributed by atoms with E-state index in [0.29, 0.717) is 57.0 Å². The number of nitrogens with zero attached hydrogens (tertiary/aromatic N) is 8. The largest absolute Gasteiger partial charge is 0.488 e. The molecule has 2 aromatic heterocycles. The Kier molecular flexibility index (Phi) is 20.6. The van der Waals surface area contributed by atoms with Gasteiger partial charge in [0.1, 0.15) is 0 Å².